The van der Waals surface area contributed by atoms with E-state index in [2.05, 4.69) is 15.3 Å². The number of hydrogen-bond acceptors (Lipinski definition) is 9. The molecular weight excluding hydrogens is 544 g/mol. The summed E-state index contributed by atoms with van der Waals surface area (Å²) in [4.78, 5) is 31.8. The van der Waals surface area contributed by atoms with Crippen LogP contribution >= 0.6 is 11.8 Å². The molecule has 10 nitrogen and oxygen atoms in total. The number of carbonyl (C=O) groups excluding carboxylic acids is 2. The van der Waals surface area contributed by atoms with Crippen molar-refractivity contribution in [2.24, 2.45) is 0 Å². The second-order valence-electron chi connectivity index (χ2n) is 9.81. The van der Waals surface area contributed by atoms with Crippen LogP contribution in [0.2, 0.25) is 0 Å². The predicted octanol–water partition coefficient (Wildman–Crippen LogP) is 4.38. The summed E-state index contributed by atoms with van der Waals surface area (Å²) < 4.78 is 12.8. The number of hydrogen-bond donors (Lipinski definition) is 4. The number of rotatable bonds is 14. The molecule has 3 atom stereocenters. The number of nitrogens with zero attached hydrogens (tertiary/aromatic N) is 2. The summed E-state index contributed by atoms with van der Waals surface area (Å²) in [5.74, 6) is 0.219. The molecule has 3 unspecified atom stereocenters. The van der Waals surface area contributed by atoms with Crippen LogP contribution in [0.4, 0.5) is 0 Å². The molecule has 2 amide bonds. The third-order valence-electron chi connectivity index (χ3n) is 6.73. The Balaban J connectivity index is 1.32. The Morgan fingerprint density at radius 1 is 0.878 bits per heavy atom. The van der Waals surface area contributed by atoms with Crippen molar-refractivity contribution in [3.8, 4) is 0 Å². The van der Waals surface area contributed by atoms with Crippen molar-refractivity contribution in [2.45, 2.75) is 75.3 Å². The zero-order chi connectivity index (χ0) is 28.9. The van der Waals surface area contributed by atoms with Gasteiger partial charge in [0, 0.05) is 49.5 Å². The molecular formula is C30H36N4O6S. The summed E-state index contributed by atoms with van der Waals surface area (Å²) in [6.45, 7) is 0.404. The highest BCUT2D eigenvalue weighted by molar-refractivity contribution is 7.99. The molecule has 4 rings (SSSR count). The Hall–Kier alpha value is -3.35. The van der Waals surface area contributed by atoms with Gasteiger partial charge >= 0.3 is 0 Å². The normalized spacial score (nSPS) is 18.5. The van der Waals surface area contributed by atoms with Crippen molar-refractivity contribution < 1.29 is 29.4 Å². The number of carbonyl (C=O) groups is 2. The lowest BCUT2D eigenvalue weighted by atomic mass is 10.0. The van der Waals surface area contributed by atoms with Gasteiger partial charge < -0.3 is 19.9 Å². The van der Waals surface area contributed by atoms with Crippen LogP contribution in [0, 0.1) is 0 Å². The highest BCUT2D eigenvalue weighted by Crippen LogP contribution is 2.39. The Morgan fingerprint density at radius 2 is 1.54 bits per heavy atom. The molecule has 2 heterocycles. The van der Waals surface area contributed by atoms with Crippen LogP contribution in [0.1, 0.15) is 73.2 Å². The molecule has 0 radical (unpaired) electrons. The van der Waals surface area contributed by atoms with E-state index in [-0.39, 0.29) is 31.1 Å². The molecule has 1 aliphatic heterocycles. The second-order valence-corrected chi connectivity index (χ2v) is 10.8. The zero-order valence-electron chi connectivity index (χ0n) is 22.8. The molecule has 1 saturated heterocycles. The third kappa shape index (κ3) is 9.91. The zero-order valence-corrected chi connectivity index (χ0v) is 23.6. The lowest BCUT2D eigenvalue weighted by Gasteiger charge is -2.36. The number of benzene rings is 2. The van der Waals surface area contributed by atoms with Crippen molar-refractivity contribution in [3.63, 3.8) is 0 Å². The smallest absolute Gasteiger partial charge is 0.243 e. The number of aromatic nitrogens is 2. The predicted molar refractivity (Wildman–Crippen MR) is 152 cm³/mol. The standard InChI is InChI=1S/C30H36N4O6S/c35-19-22-9-11-23(12-10-22)26-17-25(20-41-30-31-15-4-16-32-30)39-29(40-26)24-13-7-21(8-14-24)18-33-27(36)5-2-1-3-6-28(37)34-38/h4,7-16,25-26,29,35,38H,1-3,5-6,17-20H2,(H,33,36)(H,34,37). The summed E-state index contributed by atoms with van der Waals surface area (Å²) >= 11 is 1.55. The molecule has 0 spiro atoms. The fourth-order valence-electron chi connectivity index (χ4n) is 4.44. The topological polar surface area (TPSA) is 143 Å². The van der Waals surface area contributed by atoms with Gasteiger partial charge in [-0.25, -0.2) is 15.4 Å². The Morgan fingerprint density at radius 3 is 2.22 bits per heavy atom. The van der Waals surface area contributed by atoms with Crippen molar-refractivity contribution >= 4 is 23.6 Å². The molecule has 218 valence electrons. The first kappa shape index (κ1) is 30.6. The fourth-order valence-corrected chi connectivity index (χ4v) is 5.26. The minimum Gasteiger partial charge on any atom is -0.392 e. The Labute approximate surface area is 243 Å². The number of nitrogens with one attached hydrogen (secondary N) is 2. The Kier molecular flexibility index (Phi) is 12.1. The van der Waals surface area contributed by atoms with Gasteiger partial charge in [-0.05, 0) is 35.6 Å². The van der Waals surface area contributed by atoms with E-state index in [1.165, 1.54) is 0 Å². The third-order valence-corrected chi connectivity index (χ3v) is 7.74. The highest BCUT2D eigenvalue weighted by Gasteiger charge is 2.32. The average molecular weight is 581 g/mol. The van der Waals surface area contributed by atoms with Crippen molar-refractivity contribution in [2.75, 3.05) is 5.75 Å². The summed E-state index contributed by atoms with van der Waals surface area (Å²) in [6.07, 6.45) is 5.96. The van der Waals surface area contributed by atoms with E-state index in [0.717, 1.165) is 28.7 Å². The van der Waals surface area contributed by atoms with Crippen molar-refractivity contribution in [1.29, 1.82) is 0 Å². The van der Waals surface area contributed by atoms with E-state index < -0.39 is 12.2 Å². The van der Waals surface area contributed by atoms with Crippen LogP contribution in [0.5, 0.6) is 0 Å². The van der Waals surface area contributed by atoms with E-state index >= 15 is 0 Å². The van der Waals surface area contributed by atoms with Crippen LogP contribution in [-0.2, 0) is 32.2 Å². The maximum absolute atomic E-state index is 12.2. The van der Waals surface area contributed by atoms with Gasteiger partial charge in [0.25, 0.3) is 0 Å². The molecule has 41 heavy (non-hydrogen) atoms. The second kappa shape index (κ2) is 16.2. The van der Waals surface area contributed by atoms with Crippen LogP contribution < -0.4 is 10.8 Å². The molecule has 0 saturated carbocycles. The van der Waals surface area contributed by atoms with E-state index in [1.54, 1.807) is 35.7 Å². The summed E-state index contributed by atoms with van der Waals surface area (Å²) in [7, 11) is 0. The lowest BCUT2D eigenvalue weighted by molar-refractivity contribution is -0.245. The van der Waals surface area contributed by atoms with E-state index in [1.807, 2.05) is 48.5 Å². The van der Waals surface area contributed by atoms with Crippen LogP contribution in [0.25, 0.3) is 0 Å². The van der Waals surface area contributed by atoms with E-state index in [4.69, 9.17) is 14.7 Å². The SMILES string of the molecule is O=C(CCCCCC(=O)NCc1ccc(C2OC(CSc3ncccn3)CC(c3ccc(CO)cc3)O2)cc1)NO. The first-order valence-electron chi connectivity index (χ1n) is 13.7. The molecule has 2 aromatic carbocycles. The van der Waals surface area contributed by atoms with Crippen molar-refractivity contribution in [3.05, 3.63) is 89.2 Å². The van der Waals surface area contributed by atoms with E-state index in [9.17, 15) is 14.7 Å². The lowest BCUT2D eigenvalue weighted by Crippen LogP contribution is -2.31. The monoisotopic (exact) mass is 580 g/mol. The van der Waals surface area contributed by atoms with Gasteiger partial charge in [-0.2, -0.15) is 0 Å². The maximum Gasteiger partial charge on any atom is 0.243 e. The number of hydroxylamine groups is 1. The molecule has 1 fully saturated rings. The van der Waals surface area contributed by atoms with Crippen molar-refractivity contribution in [1.82, 2.24) is 20.8 Å². The van der Waals surface area contributed by atoms with Crippen LogP contribution in [0.3, 0.4) is 0 Å². The molecule has 3 aromatic rings. The summed E-state index contributed by atoms with van der Waals surface area (Å²) in [5, 5.41) is 21.6. The van der Waals surface area contributed by atoms with Gasteiger partial charge in [0.1, 0.15) is 0 Å². The fraction of sp³-hybridized carbons (Fsp3) is 0.400. The highest BCUT2D eigenvalue weighted by atomic mass is 32.2. The number of amides is 2. The number of unbranched alkanes of at least 4 members (excludes halogenated alkanes) is 2. The van der Waals surface area contributed by atoms with E-state index in [0.29, 0.717) is 43.1 Å². The average Bonchev–Trinajstić information content (AvgIpc) is 3.03. The van der Waals surface area contributed by atoms with Gasteiger partial charge in [0.05, 0.1) is 18.8 Å². The van der Waals surface area contributed by atoms with Gasteiger partial charge in [-0.3, -0.25) is 14.8 Å². The molecule has 4 N–H and O–H groups in total. The molecule has 1 aliphatic rings. The first-order chi connectivity index (χ1) is 20.0. The Bertz CT molecular complexity index is 1230. The molecule has 0 aliphatic carbocycles. The van der Waals surface area contributed by atoms with Gasteiger partial charge in [-0.1, -0.05) is 66.7 Å². The maximum atomic E-state index is 12.2. The summed E-state index contributed by atoms with van der Waals surface area (Å²) in [6, 6.07) is 17.4. The van der Waals surface area contributed by atoms with Gasteiger partial charge in [-0.15, -0.1) is 0 Å². The molecule has 11 heteroatoms. The number of thioether (sulfide) groups is 1. The largest absolute Gasteiger partial charge is 0.392 e. The minimum atomic E-state index is -0.565. The number of ether oxygens (including phenoxy) is 2. The minimum absolute atomic E-state index is 0.00775. The quantitative estimate of drug-likeness (QED) is 0.0718. The molecule has 1 aromatic heterocycles. The molecule has 0 bridgehead atoms. The van der Waals surface area contributed by atoms with Crippen LogP contribution in [-0.4, -0.2) is 44.0 Å². The van der Waals surface area contributed by atoms with Gasteiger partial charge in [0.15, 0.2) is 11.4 Å². The number of aliphatic hydroxyl groups is 1. The number of aliphatic hydroxyl groups excluding tert-OH is 1. The van der Waals surface area contributed by atoms with Gasteiger partial charge in [0.2, 0.25) is 11.8 Å². The summed E-state index contributed by atoms with van der Waals surface area (Å²) in [5.41, 5.74) is 5.33. The first-order valence-corrected chi connectivity index (χ1v) is 14.7. The van der Waals surface area contributed by atoms with Crippen LogP contribution in [0.15, 0.2) is 72.1 Å².